The minimum absolute atomic E-state index is 0.0980. The quantitative estimate of drug-likeness (QED) is 0.787. The van der Waals surface area contributed by atoms with Crippen LogP contribution in [0.15, 0.2) is 42.7 Å². The third-order valence-corrected chi connectivity index (χ3v) is 3.02. The maximum Gasteiger partial charge on any atom is 0.328 e. The first-order chi connectivity index (χ1) is 10.6. The van der Waals surface area contributed by atoms with Crippen LogP contribution >= 0.6 is 0 Å². The van der Waals surface area contributed by atoms with Crippen molar-refractivity contribution >= 4 is 11.9 Å². The number of aromatic nitrogens is 2. The third-order valence-electron chi connectivity index (χ3n) is 3.02. The molecule has 0 bridgehead atoms. The van der Waals surface area contributed by atoms with Gasteiger partial charge in [-0.2, -0.15) is 5.10 Å². The first-order valence-electron chi connectivity index (χ1n) is 6.69. The summed E-state index contributed by atoms with van der Waals surface area (Å²) in [5.74, 6) is -1.64. The molecule has 0 radical (unpaired) electrons. The molecular formula is C15H17N3O4. The van der Waals surface area contributed by atoms with Gasteiger partial charge in [-0.3, -0.25) is 9.48 Å². The van der Waals surface area contributed by atoms with E-state index in [1.807, 2.05) is 30.3 Å². The second kappa shape index (κ2) is 7.37. The monoisotopic (exact) mass is 303 g/mol. The number of ether oxygens (including phenoxy) is 1. The van der Waals surface area contributed by atoms with E-state index in [0.29, 0.717) is 12.1 Å². The van der Waals surface area contributed by atoms with E-state index in [9.17, 15) is 9.59 Å². The van der Waals surface area contributed by atoms with Crippen molar-refractivity contribution in [2.45, 2.75) is 12.6 Å². The van der Waals surface area contributed by atoms with Gasteiger partial charge in [0.2, 0.25) is 0 Å². The molecule has 0 aliphatic carbocycles. The molecule has 7 nitrogen and oxygen atoms in total. The summed E-state index contributed by atoms with van der Waals surface area (Å²) in [6, 6.07) is 8.60. The van der Waals surface area contributed by atoms with Gasteiger partial charge in [0.15, 0.2) is 6.04 Å². The zero-order valence-electron chi connectivity index (χ0n) is 12.1. The number of hydrogen-bond acceptors (Lipinski definition) is 4. The number of rotatable bonds is 7. The van der Waals surface area contributed by atoms with E-state index in [-0.39, 0.29) is 6.61 Å². The molecule has 1 aromatic heterocycles. The topological polar surface area (TPSA) is 93.5 Å². The lowest BCUT2D eigenvalue weighted by molar-refractivity contribution is -0.140. The van der Waals surface area contributed by atoms with Crippen LogP contribution in [0, 0.1) is 0 Å². The maximum atomic E-state index is 12.0. The molecule has 2 rings (SSSR count). The molecule has 116 valence electrons. The first kappa shape index (κ1) is 15.7. The SMILES string of the molecule is COCC(NC(=O)c1cnn(Cc2ccccc2)c1)C(=O)O. The summed E-state index contributed by atoms with van der Waals surface area (Å²) in [7, 11) is 1.37. The van der Waals surface area contributed by atoms with Crippen LogP contribution in [0.2, 0.25) is 0 Å². The molecule has 0 aliphatic rings. The molecule has 0 saturated carbocycles. The Bertz CT molecular complexity index is 639. The fourth-order valence-corrected chi connectivity index (χ4v) is 1.92. The van der Waals surface area contributed by atoms with E-state index < -0.39 is 17.9 Å². The minimum atomic E-state index is -1.15. The highest BCUT2D eigenvalue weighted by atomic mass is 16.5. The zero-order chi connectivity index (χ0) is 15.9. The molecule has 22 heavy (non-hydrogen) atoms. The summed E-state index contributed by atoms with van der Waals surface area (Å²) < 4.78 is 6.39. The predicted molar refractivity (Wildman–Crippen MR) is 78.5 cm³/mol. The standard InChI is InChI=1S/C15H17N3O4/c1-22-10-13(15(20)21)17-14(19)12-7-16-18(9-12)8-11-5-3-2-4-6-11/h2-7,9,13H,8,10H2,1H3,(H,17,19)(H,20,21). The number of carboxylic acids is 1. The molecular weight excluding hydrogens is 286 g/mol. The Balaban J connectivity index is 2.01. The Morgan fingerprint density at radius 1 is 1.36 bits per heavy atom. The summed E-state index contributed by atoms with van der Waals surface area (Å²) in [4.78, 5) is 23.0. The Morgan fingerprint density at radius 2 is 2.09 bits per heavy atom. The first-order valence-corrected chi connectivity index (χ1v) is 6.69. The lowest BCUT2D eigenvalue weighted by atomic mass is 10.2. The lowest BCUT2D eigenvalue weighted by Crippen LogP contribution is -2.43. The third kappa shape index (κ3) is 4.16. The van der Waals surface area contributed by atoms with Crippen LogP contribution < -0.4 is 5.32 Å². The van der Waals surface area contributed by atoms with Gasteiger partial charge in [-0.1, -0.05) is 30.3 Å². The number of nitrogens with zero attached hydrogens (tertiary/aromatic N) is 2. The molecule has 0 aliphatic heterocycles. The van der Waals surface area contributed by atoms with Crippen molar-refractivity contribution in [3.63, 3.8) is 0 Å². The Hall–Kier alpha value is -2.67. The molecule has 2 aromatic rings. The smallest absolute Gasteiger partial charge is 0.328 e. The lowest BCUT2D eigenvalue weighted by Gasteiger charge is -2.12. The van der Waals surface area contributed by atoms with Crippen molar-refractivity contribution in [1.82, 2.24) is 15.1 Å². The molecule has 1 atom stereocenters. The molecule has 0 saturated heterocycles. The van der Waals surface area contributed by atoms with E-state index in [1.165, 1.54) is 13.3 Å². The number of amides is 1. The van der Waals surface area contributed by atoms with Gasteiger partial charge in [0, 0.05) is 13.3 Å². The number of carbonyl (C=O) groups is 2. The molecule has 2 N–H and O–H groups in total. The van der Waals surface area contributed by atoms with Crippen LogP contribution in [0.3, 0.4) is 0 Å². The van der Waals surface area contributed by atoms with Crippen LogP contribution in [0.4, 0.5) is 0 Å². The van der Waals surface area contributed by atoms with E-state index in [0.717, 1.165) is 5.56 Å². The van der Waals surface area contributed by atoms with Gasteiger partial charge in [-0.25, -0.2) is 4.79 Å². The number of nitrogens with one attached hydrogen (secondary N) is 1. The van der Waals surface area contributed by atoms with Gasteiger partial charge in [0.25, 0.3) is 5.91 Å². The molecule has 1 heterocycles. The average molecular weight is 303 g/mol. The van der Waals surface area contributed by atoms with Crippen LogP contribution in [0.5, 0.6) is 0 Å². The summed E-state index contributed by atoms with van der Waals surface area (Å²) in [5, 5.41) is 15.5. The number of carboxylic acid groups (broad SMARTS) is 1. The van der Waals surface area contributed by atoms with E-state index >= 15 is 0 Å². The number of methoxy groups -OCH3 is 1. The second-order valence-electron chi connectivity index (χ2n) is 4.73. The Morgan fingerprint density at radius 3 is 2.73 bits per heavy atom. The van der Waals surface area contributed by atoms with E-state index in [4.69, 9.17) is 9.84 Å². The summed E-state index contributed by atoms with van der Waals surface area (Å²) in [6.45, 7) is 0.438. The fourth-order valence-electron chi connectivity index (χ4n) is 1.92. The Labute approximate surface area is 127 Å². The van der Waals surface area contributed by atoms with Crippen molar-refractivity contribution in [1.29, 1.82) is 0 Å². The second-order valence-corrected chi connectivity index (χ2v) is 4.73. The molecule has 1 unspecified atom stereocenters. The van der Waals surface area contributed by atoms with E-state index in [1.54, 1.807) is 10.9 Å². The van der Waals surface area contributed by atoms with Gasteiger partial charge in [-0.05, 0) is 5.56 Å². The van der Waals surface area contributed by atoms with E-state index in [2.05, 4.69) is 10.4 Å². The highest BCUT2D eigenvalue weighted by Crippen LogP contribution is 2.04. The van der Waals surface area contributed by atoms with Crippen LogP contribution in [-0.4, -0.2) is 46.5 Å². The van der Waals surface area contributed by atoms with Crippen LogP contribution in [0.1, 0.15) is 15.9 Å². The van der Waals surface area contributed by atoms with Crippen molar-refractivity contribution in [3.05, 3.63) is 53.9 Å². The molecule has 0 fully saturated rings. The highest BCUT2D eigenvalue weighted by Gasteiger charge is 2.21. The van der Waals surface area contributed by atoms with Gasteiger partial charge in [-0.15, -0.1) is 0 Å². The summed E-state index contributed by atoms with van der Waals surface area (Å²) in [5.41, 5.74) is 1.36. The highest BCUT2D eigenvalue weighted by molar-refractivity contribution is 5.96. The molecule has 7 heteroatoms. The fraction of sp³-hybridized carbons (Fsp3) is 0.267. The number of aliphatic carboxylic acids is 1. The van der Waals surface area contributed by atoms with Crippen molar-refractivity contribution in [2.24, 2.45) is 0 Å². The zero-order valence-corrected chi connectivity index (χ0v) is 12.1. The van der Waals surface area contributed by atoms with Gasteiger partial charge in [0.1, 0.15) is 0 Å². The summed E-state index contributed by atoms with van der Waals surface area (Å²) in [6.07, 6.45) is 2.98. The number of hydrogen-bond donors (Lipinski definition) is 2. The molecule has 0 spiro atoms. The van der Waals surface area contributed by atoms with Crippen molar-refractivity contribution in [3.8, 4) is 0 Å². The van der Waals surface area contributed by atoms with Gasteiger partial charge in [0.05, 0.1) is 24.9 Å². The van der Waals surface area contributed by atoms with Crippen molar-refractivity contribution < 1.29 is 19.4 Å². The molecule has 1 aromatic carbocycles. The predicted octanol–water partition coefficient (Wildman–Crippen LogP) is 0.761. The summed E-state index contributed by atoms with van der Waals surface area (Å²) >= 11 is 0. The Kier molecular flexibility index (Phi) is 5.26. The van der Waals surface area contributed by atoms with Crippen LogP contribution in [-0.2, 0) is 16.1 Å². The largest absolute Gasteiger partial charge is 0.480 e. The normalized spacial score (nSPS) is 11.9. The average Bonchev–Trinajstić information content (AvgIpc) is 2.96. The van der Waals surface area contributed by atoms with Gasteiger partial charge < -0.3 is 15.2 Å². The van der Waals surface area contributed by atoms with Crippen LogP contribution in [0.25, 0.3) is 0 Å². The maximum absolute atomic E-state index is 12.0. The number of carbonyl (C=O) groups excluding carboxylic acids is 1. The number of benzene rings is 1. The minimum Gasteiger partial charge on any atom is -0.480 e. The van der Waals surface area contributed by atoms with Gasteiger partial charge >= 0.3 is 5.97 Å². The molecule has 1 amide bonds. The van der Waals surface area contributed by atoms with Crippen molar-refractivity contribution in [2.75, 3.05) is 13.7 Å².